The lowest BCUT2D eigenvalue weighted by Crippen LogP contribution is -2.66. The van der Waals surface area contributed by atoms with Crippen LogP contribution in [0.25, 0.3) is 0 Å². The Bertz CT molecular complexity index is 924. The minimum absolute atomic E-state index is 0.00512. The molecule has 188 valence electrons. The van der Waals surface area contributed by atoms with Crippen LogP contribution in [-0.2, 0) is 14.0 Å². The van der Waals surface area contributed by atoms with Crippen molar-refractivity contribution in [1.29, 1.82) is 0 Å². The third-order valence-electron chi connectivity index (χ3n) is 7.67. The molecule has 2 amide bonds. The first kappa shape index (κ1) is 27.0. The van der Waals surface area contributed by atoms with Gasteiger partial charge in [0, 0.05) is 23.9 Å². The Labute approximate surface area is 209 Å². The van der Waals surface area contributed by atoms with Gasteiger partial charge >= 0.3 is 0 Å². The highest BCUT2D eigenvalue weighted by atomic mass is 32.2. The predicted molar refractivity (Wildman–Crippen MR) is 139 cm³/mol. The van der Waals surface area contributed by atoms with Crippen molar-refractivity contribution in [1.82, 2.24) is 10.2 Å². The van der Waals surface area contributed by atoms with Crippen LogP contribution in [0.3, 0.4) is 0 Å². The van der Waals surface area contributed by atoms with Crippen LogP contribution in [-0.4, -0.2) is 55.4 Å². The van der Waals surface area contributed by atoms with E-state index in [4.69, 9.17) is 4.43 Å². The molecule has 0 bridgehead atoms. The zero-order chi connectivity index (χ0) is 25.3. The molecule has 3 rings (SSSR count). The maximum Gasteiger partial charge on any atom is 0.255 e. The molecule has 1 aromatic carbocycles. The number of hydrogen-bond acceptors (Lipinski definition) is 5. The summed E-state index contributed by atoms with van der Waals surface area (Å²) in [6.07, 6.45) is 2.94. The first-order valence-electron chi connectivity index (χ1n) is 12.4. The fraction of sp³-hybridized carbons (Fsp3) is 0.654. The van der Waals surface area contributed by atoms with E-state index in [9.17, 15) is 14.4 Å². The van der Waals surface area contributed by atoms with Crippen LogP contribution < -0.4 is 5.32 Å². The standard InChI is InChI=1S/C26H40N2O4SSi/c1-17(22-21(23(29)27-22)18(2)32-34(6,7)26(3,4)5)25(31)33-20-14-10-9-13-19(20)24(30)28-15-11-8-12-16-28/h9-10,13-14,17-18,21-22H,8,11-12,15-16H2,1-7H3,(H,27,29)/t17?,18?,21-,22-/m1/s1. The number of thioether (sulfide) groups is 1. The highest BCUT2D eigenvalue weighted by Crippen LogP contribution is 2.40. The average Bonchev–Trinajstić information content (AvgIpc) is 2.76. The lowest BCUT2D eigenvalue weighted by Gasteiger charge is -2.46. The lowest BCUT2D eigenvalue weighted by molar-refractivity contribution is -0.143. The molecule has 2 unspecified atom stereocenters. The van der Waals surface area contributed by atoms with E-state index in [0.717, 1.165) is 44.1 Å². The van der Waals surface area contributed by atoms with E-state index in [2.05, 4.69) is 39.2 Å². The number of rotatable bonds is 7. The van der Waals surface area contributed by atoms with Crippen LogP contribution in [0.15, 0.2) is 29.2 Å². The lowest BCUT2D eigenvalue weighted by atomic mass is 9.79. The van der Waals surface area contributed by atoms with Gasteiger partial charge in [-0.05, 0) is 56.5 Å². The van der Waals surface area contributed by atoms with Crippen LogP contribution >= 0.6 is 11.8 Å². The Morgan fingerprint density at radius 2 is 1.74 bits per heavy atom. The molecule has 0 aromatic heterocycles. The second-order valence-electron chi connectivity index (χ2n) is 11.2. The van der Waals surface area contributed by atoms with Crippen LogP contribution in [0.5, 0.6) is 0 Å². The molecule has 2 heterocycles. The third-order valence-corrected chi connectivity index (χ3v) is 13.4. The van der Waals surface area contributed by atoms with Gasteiger partial charge in [0.1, 0.15) is 0 Å². The fourth-order valence-electron chi connectivity index (χ4n) is 4.42. The third kappa shape index (κ3) is 5.77. The molecule has 8 heteroatoms. The quantitative estimate of drug-likeness (QED) is 0.318. The number of piperidine rings is 1. The number of amides is 2. The highest BCUT2D eigenvalue weighted by Gasteiger charge is 2.50. The zero-order valence-electron chi connectivity index (χ0n) is 21.6. The second-order valence-corrected chi connectivity index (χ2v) is 17.0. The van der Waals surface area contributed by atoms with Crippen molar-refractivity contribution in [3.05, 3.63) is 29.8 Å². The summed E-state index contributed by atoms with van der Waals surface area (Å²) in [7, 11) is -2.04. The maximum absolute atomic E-state index is 13.3. The molecule has 0 radical (unpaired) electrons. The predicted octanol–water partition coefficient (Wildman–Crippen LogP) is 5.09. The molecular weight excluding hydrogens is 464 g/mol. The van der Waals surface area contributed by atoms with E-state index in [0.29, 0.717) is 10.5 Å². The molecule has 2 aliphatic rings. The summed E-state index contributed by atoms with van der Waals surface area (Å²) in [6.45, 7) is 16.2. The van der Waals surface area contributed by atoms with Gasteiger partial charge in [0.25, 0.3) is 5.91 Å². The molecule has 0 saturated carbocycles. The van der Waals surface area contributed by atoms with Crippen LogP contribution in [0, 0.1) is 11.8 Å². The van der Waals surface area contributed by atoms with Gasteiger partial charge in [-0.2, -0.15) is 0 Å². The van der Waals surface area contributed by atoms with Crippen molar-refractivity contribution in [3.63, 3.8) is 0 Å². The number of hydrogen-bond donors (Lipinski definition) is 1. The van der Waals surface area contributed by atoms with Gasteiger partial charge in [-0.3, -0.25) is 14.4 Å². The molecule has 0 aliphatic carbocycles. The summed E-state index contributed by atoms with van der Waals surface area (Å²) in [5.74, 6) is -0.800. The Morgan fingerprint density at radius 3 is 2.32 bits per heavy atom. The first-order chi connectivity index (χ1) is 15.8. The van der Waals surface area contributed by atoms with Crippen molar-refractivity contribution in [2.24, 2.45) is 11.8 Å². The van der Waals surface area contributed by atoms with Crippen molar-refractivity contribution >= 4 is 37.0 Å². The zero-order valence-corrected chi connectivity index (χ0v) is 23.5. The molecule has 2 aliphatic heterocycles. The molecular formula is C26H40N2O4SSi. The van der Waals surface area contributed by atoms with Crippen LogP contribution in [0.4, 0.5) is 0 Å². The second kappa shape index (κ2) is 10.5. The summed E-state index contributed by atoms with van der Waals surface area (Å²) in [4.78, 5) is 41.4. The van der Waals surface area contributed by atoms with Crippen molar-refractivity contribution in [2.75, 3.05) is 13.1 Å². The fourth-order valence-corrected chi connectivity index (χ4v) is 6.81. The summed E-state index contributed by atoms with van der Waals surface area (Å²) < 4.78 is 6.48. The van der Waals surface area contributed by atoms with E-state index in [1.165, 1.54) is 0 Å². The SMILES string of the molecule is CC(C(=O)Sc1ccccc1C(=O)N1CCCCC1)[C@H]1NC(=O)[C@@H]1C(C)O[Si](C)(C)C(C)(C)C. The minimum Gasteiger partial charge on any atom is -0.413 e. The Kier molecular flexibility index (Phi) is 8.36. The van der Waals surface area contributed by atoms with E-state index in [1.54, 1.807) is 6.07 Å². The molecule has 0 spiro atoms. The van der Waals surface area contributed by atoms with Crippen LogP contribution in [0.2, 0.25) is 18.1 Å². The van der Waals surface area contributed by atoms with Crippen molar-refractivity contribution in [2.45, 2.75) is 89.1 Å². The van der Waals surface area contributed by atoms with Gasteiger partial charge in [-0.1, -0.05) is 51.6 Å². The van der Waals surface area contributed by atoms with Gasteiger partial charge < -0.3 is 14.6 Å². The smallest absolute Gasteiger partial charge is 0.255 e. The normalized spacial score (nSPS) is 23.0. The van der Waals surface area contributed by atoms with Gasteiger partial charge in [0.2, 0.25) is 5.91 Å². The molecule has 2 fully saturated rings. The molecule has 1 N–H and O–H groups in total. The van der Waals surface area contributed by atoms with Gasteiger partial charge in [0.05, 0.1) is 23.6 Å². The molecule has 1 aromatic rings. The van der Waals surface area contributed by atoms with Crippen molar-refractivity contribution in [3.8, 4) is 0 Å². The maximum atomic E-state index is 13.3. The van der Waals surface area contributed by atoms with E-state index >= 15 is 0 Å². The molecule has 34 heavy (non-hydrogen) atoms. The topological polar surface area (TPSA) is 75.7 Å². The summed E-state index contributed by atoms with van der Waals surface area (Å²) >= 11 is 1.11. The van der Waals surface area contributed by atoms with E-state index < -0.39 is 14.2 Å². The largest absolute Gasteiger partial charge is 0.413 e. The number of carbonyl (C=O) groups is 3. The van der Waals surface area contributed by atoms with E-state index in [-0.39, 0.29) is 40.0 Å². The van der Waals surface area contributed by atoms with Gasteiger partial charge in [0.15, 0.2) is 13.4 Å². The Hall–Kier alpha value is -1.64. The molecule has 2 saturated heterocycles. The highest BCUT2D eigenvalue weighted by molar-refractivity contribution is 8.13. The van der Waals surface area contributed by atoms with Crippen molar-refractivity contribution < 1.29 is 18.8 Å². The minimum atomic E-state index is -2.04. The number of nitrogens with one attached hydrogen (secondary N) is 1. The summed E-state index contributed by atoms with van der Waals surface area (Å²) in [6, 6.07) is 7.08. The summed E-state index contributed by atoms with van der Waals surface area (Å²) in [5, 5.41) is 2.93. The Morgan fingerprint density at radius 1 is 1.12 bits per heavy atom. The number of nitrogens with zero attached hydrogens (tertiary/aromatic N) is 1. The molecule has 4 atom stereocenters. The number of benzene rings is 1. The van der Waals surface area contributed by atoms with Gasteiger partial charge in [-0.15, -0.1) is 0 Å². The Balaban J connectivity index is 1.69. The monoisotopic (exact) mass is 504 g/mol. The number of likely N-dealkylation sites (tertiary alicyclic amines) is 1. The number of carbonyl (C=O) groups excluding carboxylic acids is 3. The van der Waals surface area contributed by atoms with E-state index in [1.807, 2.05) is 36.9 Å². The average molecular weight is 505 g/mol. The number of β-lactam (4-membered cyclic amide) rings is 1. The molecule has 6 nitrogen and oxygen atoms in total. The van der Waals surface area contributed by atoms with Gasteiger partial charge in [-0.25, -0.2) is 0 Å². The van der Waals surface area contributed by atoms with Crippen LogP contribution in [0.1, 0.15) is 64.2 Å². The first-order valence-corrected chi connectivity index (χ1v) is 16.1. The summed E-state index contributed by atoms with van der Waals surface area (Å²) in [5.41, 5.74) is 0.582.